The van der Waals surface area contributed by atoms with E-state index in [1.165, 1.54) is 61.0 Å². The maximum atomic E-state index is 12.4. The Balaban J connectivity index is 1.75. The van der Waals surface area contributed by atoms with Gasteiger partial charge >= 0.3 is 0 Å². The molecule has 11 heteroatoms. The number of nitrogens with zero attached hydrogens (tertiary/aromatic N) is 1. The molecule has 0 saturated carbocycles. The van der Waals surface area contributed by atoms with E-state index in [-0.39, 0.29) is 31.4 Å². The maximum absolute atomic E-state index is 12.4. The number of anilines is 2. The molecular weight excluding hydrogens is 445 g/mol. The molecule has 28 heavy (non-hydrogen) atoms. The van der Waals surface area contributed by atoms with Gasteiger partial charge in [-0.25, -0.2) is 13.4 Å². The van der Waals surface area contributed by atoms with Crippen LogP contribution in [-0.4, -0.2) is 26.4 Å². The van der Waals surface area contributed by atoms with Crippen molar-refractivity contribution in [2.24, 2.45) is 0 Å². The lowest BCUT2D eigenvalue weighted by Gasteiger charge is -2.10. The molecule has 146 valence electrons. The number of benzene rings is 2. The highest BCUT2D eigenvalue weighted by atomic mass is 35.5. The molecule has 3 rings (SSSR count). The van der Waals surface area contributed by atoms with E-state index < -0.39 is 15.9 Å². The number of methoxy groups -OCH3 is 1. The van der Waals surface area contributed by atoms with Crippen LogP contribution in [0.25, 0.3) is 0 Å². The normalized spacial score (nSPS) is 11.1. The van der Waals surface area contributed by atoms with E-state index in [4.69, 9.17) is 27.9 Å². The number of sulfonamides is 1. The van der Waals surface area contributed by atoms with Crippen LogP contribution in [0.2, 0.25) is 10.0 Å². The number of carbonyl (C=O) groups is 1. The van der Waals surface area contributed by atoms with E-state index in [1.54, 1.807) is 5.38 Å². The van der Waals surface area contributed by atoms with E-state index in [9.17, 15) is 13.2 Å². The summed E-state index contributed by atoms with van der Waals surface area (Å²) in [6.07, 6.45) is 1.50. The van der Waals surface area contributed by atoms with Crippen LogP contribution in [-0.2, 0) is 10.0 Å². The summed E-state index contributed by atoms with van der Waals surface area (Å²) in [6.45, 7) is 0. The van der Waals surface area contributed by atoms with Gasteiger partial charge < -0.3 is 10.1 Å². The second-order valence-corrected chi connectivity index (χ2v) is 8.79. The van der Waals surface area contributed by atoms with Gasteiger partial charge in [0.2, 0.25) is 0 Å². The highest BCUT2D eigenvalue weighted by molar-refractivity contribution is 7.93. The molecule has 1 amide bonds. The molecule has 0 radical (unpaired) electrons. The Labute approximate surface area is 175 Å². The first-order valence-electron chi connectivity index (χ1n) is 7.67. The molecule has 0 fully saturated rings. The van der Waals surface area contributed by atoms with E-state index in [1.807, 2.05) is 0 Å². The Kier molecular flexibility index (Phi) is 6.09. The van der Waals surface area contributed by atoms with Gasteiger partial charge in [-0.3, -0.25) is 9.52 Å². The summed E-state index contributed by atoms with van der Waals surface area (Å²) < 4.78 is 32.1. The molecular formula is C17H13Cl2N3O4S2. The van der Waals surface area contributed by atoms with Crippen molar-refractivity contribution in [1.29, 1.82) is 0 Å². The Morgan fingerprint density at radius 1 is 1.14 bits per heavy atom. The van der Waals surface area contributed by atoms with Crippen LogP contribution in [0.4, 0.5) is 10.8 Å². The van der Waals surface area contributed by atoms with E-state index >= 15 is 0 Å². The highest BCUT2D eigenvalue weighted by Crippen LogP contribution is 2.34. The summed E-state index contributed by atoms with van der Waals surface area (Å²) in [5, 5.41) is 4.99. The average molecular weight is 458 g/mol. The summed E-state index contributed by atoms with van der Waals surface area (Å²) in [5.41, 5.74) is 0.638. The lowest BCUT2D eigenvalue weighted by molar-refractivity contribution is 0.102. The Hall–Kier alpha value is -2.33. The zero-order chi connectivity index (χ0) is 20.3. The van der Waals surface area contributed by atoms with Crippen LogP contribution >= 0.6 is 34.5 Å². The molecule has 0 aliphatic rings. The Bertz CT molecular complexity index is 1080. The minimum atomic E-state index is -3.76. The summed E-state index contributed by atoms with van der Waals surface area (Å²) in [7, 11) is -2.34. The van der Waals surface area contributed by atoms with Crippen LogP contribution in [0.1, 0.15) is 10.4 Å². The summed E-state index contributed by atoms with van der Waals surface area (Å²) in [4.78, 5) is 16.3. The third-order valence-corrected chi connectivity index (χ3v) is 6.28. The second-order valence-electron chi connectivity index (χ2n) is 5.39. The minimum Gasteiger partial charge on any atom is -0.494 e. The zero-order valence-electron chi connectivity index (χ0n) is 14.3. The maximum Gasteiger partial charge on any atom is 0.263 e. The third-order valence-electron chi connectivity index (χ3n) is 3.54. The molecule has 0 aliphatic carbocycles. The quantitative estimate of drug-likeness (QED) is 0.567. The monoisotopic (exact) mass is 457 g/mol. The average Bonchev–Trinajstić information content (AvgIpc) is 3.14. The van der Waals surface area contributed by atoms with Crippen molar-refractivity contribution in [2.45, 2.75) is 4.90 Å². The van der Waals surface area contributed by atoms with Crippen molar-refractivity contribution in [1.82, 2.24) is 4.98 Å². The van der Waals surface area contributed by atoms with Crippen LogP contribution in [0, 0.1) is 0 Å². The van der Waals surface area contributed by atoms with E-state index in [2.05, 4.69) is 15.0 Å². The third kappa shape index (κ3) is 4.56. The second kappa shape index (κ2) is 8.36. The van der Waals surface area contributed by atoms with Gasteiger partial charge in [-0.05, 0) is 36.4 Å². The van der Waals surface area contributed by atoms with Gasteiger partial charge in [0.1, 0.15) is 0 Å². The highest BCUT2D eigenvalue weighted by Gasteiger charge is 2.17. The van der Waals surface area contributed by atoms with Gasteiger partial charge in [-0.2, -0.15) is 0 Å². The SMILES string of the molecule is COc1c(Cl)cc(C(=O)Nc2ccc(S(=O)(=O)Nc3nccs3)cc2)cc1Cl. The fourth-order valence-electron chi connectivity index (χ4n) is 2.25. The first-order chi connectivity index (χ1) is 13.3. The van der Waals surface area contributed by atoms with Gasteiger partial charge in [-0.15, -0.1) is 11.3 Å². The van der Waals surface area contributed by atoms with Gasteiger partial charge in [-0.1, -0.05) is 23.2 Å². The number of halogens is 2. The number of hydrogen-bond acceptors (Lipinski definition) is 6. The van der Waals surface area contributed by atoms with Crippen LogP contribution in [0.15, 0.2) is 52.9 Å². The predicted molar refractivity (Wildman–Crippen MR) is 110 cm³/mol. The van der Waals surface area contributed by atoms with Crippen molar-refractivity contribution >= 4 is 61.3 Å². The molecule has 0 spiro atoms. The van der Waals surface area contributed by atoms with Crippen molar-refractivity contribution < 1.29 is 17.9 Å². The van der Waals surface area contributed by atoms with Crippen LogP contribution in [0.3, 0.4) is 0 Å². The lowest BCUT2D eigenvalue weighted by Crippen LogP contribution is -2.14. The zero-order valence-corrected chi connectivity index (χ0v) is 17.4. The smallest absolute Gasteiger partial charge is 0.263 e. The Morgan fingerprint density at radius 2 is 1.79 bits per heavy atom. The number of carbonyl (C=O) groups excluding carboxylic acids is 1. The minimum absolute atomic E-state index is 0.0382. The molecule has 0 unspecified atom stereocenters. The lowest BCUT2D eigenvalue weighted by atomic mass is 10.2. The van der Waals surface area contributed by atoms with Gasteiger partial charge in [0.25, 0.3) is 15.9 Å². The van der Waals surface area contributed by atoms with Crippen molar-refractivity contribution in [3.05, 3.63) is 63.6 Å². The summed E-state index contributed by atoms with van der Waals surface area (Å²) in [6, 6.07) is 8.55. The van der Waals surface area contributed by atoms with Gasteiger partial charge in [0.15, 0.2) is 10.9 Å². The molecule has 0 atom stereocenters. The topological polar surface area (TPSA) is 97.4 Å². The molecule has 1 aromatic heterocycles. The number of nitrogens with one attached hydrogen (secondary N) is 2. The number of rotatable bonds is 6. The van der Waals surface area contributed by atoms with Crippen molar-refractivity contribution in [3.8, 4) is 5.75 Å². The molecule has 2 aromatic carbocycles. The first-order valence-corrected chi connectivity index (χ1v) is 10.8. The van der Waals surface area contributed by atoms with Crippen molar-refractivity contribution in [3.63, 3.8) is 0 Å². The molecule has 0 bridgehead atoms. The van der Waals surface area contributed by atoms with E-state index in [0.717, 1.165) is 0 Å². The van der Waals surface area contributed by atoms with Gasteiger partial charge in [0.05, 0.1) is 22.1 Å². The van der Waals surface area contributed by atoms with Crippen LogP contribution < -0.4 is 14.8 Å². The largest absolute Gasteiger partial charge is 0.494 e. The Morgan fingerprint density at radius 3 is 2.32 bits per heavy atom. The number of aromatic nitrogens is 1. The van der Waals surface area contributed by atoms with Crippen LogP contribution in [0.5, 0.6) is 5.75 Å². The molecule has 2 N–H and O–H groups in total. The fourth-order valence-corrected chi connectivity index (χ4v) is 4.68. The first kappa shape index (κ1) is 20.4. The molecule has 3 aromatic rings. The standard InChI is InChI=1S/C17H13Cl2N3O4S2/c1-26-15-13(18)8-10(9-14(15)19)16(23)21-11-2-4-12(5-3-11)28(24,25)22-17-20-6-7-27-17/h2-9H,1H3,(H,20,22)(H,21,23). The molecule has 0 saturated heterocycles. The fraction of sp³-hybridized carbons (Fsp3) is 0.0588. The molecule has 1 heterocycles. The summed E-state index contributed by atoms with van der Waals surface area (Å²) >= 11 is 13.3. The number of thiazole rings is 1. The number of ether oxygens (including phenoxy) is 1. The molecule has 0 aliphatic heterocycles. The molecule has 7 nitrogen and oxygen atoms in total. The number of hydrogen-bond donors (Lipinski definition) is 2. The van der Waals surface area contributed by atoms with E-state index in [0.29, 0.717) is 5.69 Å². The van der Waals surface area contributed by atoms with Crippen molar-refractivity contribution in [2.75, 3.05) is 17.1 Å². The number of amides is 1. The summed E-state index contributed by atoms with van der Waals surface area (Å²) in [5.74, 6) is -0.176. The van der Waals surface area contributed by atoms with Gasteiger partial charge in [0, 0.05) is 22.8 Å². The predicted octanol–water partition coefficient (Wildman–Crippen LogP) is 4.51.